The fourth-order valence-corrected chi connectivity index (χ4v) is 4.12. The van der Waals surface area contributed by atoms with Crippen LogP contribution in [-0.4, -0.2) is 19.3 Å². The predicted octanol–water partition coefficient (Wildman–Crippen LogP) is 3.67. The molecule has 3 rings (SSSR count). The Labute approximate surface area is 164 Å². The summed E-state index contributed by atoms with van der Waals surface area (Å²) in [5, 5.41) is 4.74. The average Bonchev–Trinajstić information content (AvgIpc) is 3.13. The van der Waals surface area contributed by atoms with Crippen LogP contribution in [0.4, 0.5) is 9.52 Å². The lowest BCUT2D eigenvalue weighted by Gasteiger charge is -2.08. The van der Waals surface area contributed by atoms with Crippen molar-refractivity contribution in [2.45, 2.75) is 11.4 Å². The Kier molecular flexibility index (Phi) is 5.73. The van der Waals surface area contributed by atoms with Crippen molar-refractivity contribution in [3.63, 3.8) is 0 Å². The standard InChI is InChI=1S/C17H13ClFN3O3S2/c18-13-4-1-12(15(19)9-13)10-21-16(23)11-2-5-14(6-3-11)27(24,25)22-17-20-7-8-26-17/h1-9H,10H2,(H,20,22)(H,21,23). The van der Waals surface area contributed by atoms with Crippen LogP contribution in [0.3, 0.4) is 0 Å². The summed E-state index contributed by atoms with van der Waals surface area (Å²) in [6.45, 7) is -0.0203. The lowest BCUT2D eigenvalue weighted by Crippen LogP contribution is -2.23. The first kappa shape index (κ1) is 19.3. The maximum Gasteiger partial charge on any atom is 0.263 e. The Balaban J connectivity index is 1.66. The number of aromatic nitrogens is 1. The van der Waals surface area contributed by atoms with Crippen molar-refractivity contribution in [3.05, 3.63) is 76.0 Å². The number of rotatable bonds is 6. The van der Waals surface area contributed by atoms with Crippen LogP contribution < -0.4 is 10.0 Å². The number of hydrogen-bond acceptors (Lipinski definition) is 5. The van der Waals surface area contributed by atoms with Gasteiger partial charge in [0.25, 0.3) is 15.9 Å². The van der Waals surface area contributed by atoms with Crippen LogP contribution in [0.25, 0.3) is 0 Å². The molecule has 0 saturated heterocycles. The maximum absolute atomic E-state index is 13.7. The second-order valence-electron chi connectivity index (χ2n) is 5.39. The zero-order valence-electron chi connectivity index (χ0n) is 13.6. The Morgan fingerprint density at radius 2 is 1.93 bits per heavy atom. The molecule has 10 heteroatoms. The molecule has 1 aromatic heterocycles. The highest BCUT2D eigenvalue weighted by Crippen LogP contribution is 2.18. The number of anilines is 1. The van der Waals surface area contributed by atoms with Gasteiger partial charge in [-0.15, -0.1) is 11.3 Å². The summed E-state index contributed by atoms with van der Waals surface area (Å²) in [6, 6.07) is 9.56. The van der Waals surface area contributed by atoms with Crippen LogP contribution >= 0.6 is 22.9 Å². The second kappa shape index (κ2) is 8.03. The number of nitrogens with one attached hydrogen (secondary N) is 2. The van der Waals surface area contributed by atoms with Gasteiger partial charge in [-0.2, -0.15) is 0 Å². The molecule has 3 aromatic rings. The Morgan fingerprint density at radius 1 is 1.19 bits per heavy atom. The molecule has 0 fully saturated rings. The van der Waals surface area contributed by atoms with Crippen LogP contribution in [0.5, 0.6) is 0 Å². The molecular formula is C17H13ClFN3O3S2. The van der Waals surface area contributed by atoms with Crippen molar-refractivity contribution in [3.8, 4) is 0 Å². The van der Waals surface area contributed by atoms with E-state index >= 15 is 0 Å². The number of halogens is 2. The SMILES string of the molecule is O=C(NCc1ccc(Cl)cc1F)c1ccc(S(=O)(=O)Nc2nccs2)cc1. The van der Waals surface area contributed by atoms with Gasteiger partial charge in [0.05, 0.1) is 4.90 Å². The van der Waals surface area contributed by atoms with Crippen molar-refractivity contribution in [1.29, 1.82) is 0 Å². The van der Waals surface area contributed by atoms with E-state index in [9.17, 15) is 17.6 Å². The van der Waals surface area contributed by atoms with Gasteiger partial charge in [-0.05, 0) is 36.4 Å². The van der Waals surface area contributed by atoms with Crippen LogP contribution in [0.1, 0.15) is 15.9 Å². The molecule has 0 spiro atoms. The van der Waals surface area contributed by atoms with Gasteiger partial charge >= 0.3 is 0 Å². The molecule has 0 bridgehead atoms. The fourth-order valence-electron chi connectivity index (χ4n) is 2.18. The summed E-state index contributed by atoms with van der Waals surface area (Å²) >= 11 is 6.84. The molecule has 0 atom stereocenters. The summed E-state index contributed by atoms with van der Waals surface area (Å²) in [5.74, 6) is -0.973. The largest absolute Gasteiger partial charge is 0.348 e. The lowest BCUT2D eigenvalue weighted by molar-refractivity contribution is 0.0950. The van der Waals surface area contributed by atoms with Gasteiger partial charge in [-0.3, -0.25) is 9.52 Å². The first-order valence-corrected chi connectivity index (χ1v) is 10.3. The molecule has 0 aliphatic rings. The molecular weight excluding hydrogens is 413 g/mol. The van der Waals surface area contributed by atoms with E-state index in [0.717, 1.165) is 17.4 Å². The molecule has 1 amide bonds. The molecule has 1 heterocycles. The molecule has 0 aliphatic carbocycles. The average molecular weight is 426 g/mol. The van der Waals surface area contributed by atoms with Crippen LogP contribution in [0, 0.1) is 5.82 Å². The fraction of sp³-hybridized carbons (Fsp3) is 0.0588. The number of hydrogen-bond donors (Lipinski definition) is 2. The van der Waals surface area contributed by atoms with Crippen LogP contribution in [-0.2, 0) is 16.6 Å². The predicted molar refractivity (Wildman–Crippen MR) is 102 cm³/mol. The first-order chi connectivity index (χ1) is 12.8. The summed E-state index contributed by atoms with van der Waals surface area (Å²) in [4.78, 5) is 16.0. The van der Waals surface area contributed by atoms with Gasteiger partial charge in [-0.25, -0.2) is 17.8 Å². The topological polar surface area (TPSA) is 88.2 Å². The summed E-state index contributed by atoms with van der Waals surface area (Å²) < 4.78 is 40.6. The van der Waals surface area contributed by atoms with Gasteiger partial charge in [-0.1, -0.05) is 17.7 Å². The first-order valence-electron chi connectivity index (χ1n) is 7.60. The Bertz CT molecular complexity index is 1060. The van der Waals surface area contributed by atoms with Crippen molar-refractivity contribution in [1.82, 2.24) is 10.3 Å². The van der Waals surface area contributed by atoms with Crippen molar-refractivity contribution >= 4 is 44.0 Å². The monoisotopic (exact) mass is 425 g/mol. The molecule has 0 saturated carbocycles. The van der Waals surface area contributed by atoms with E-state index in [2.05, 4.69) is 15.0 Å². The Hall–Kier alpha value is -2.49. The number of benzene rings is 2. The molecule has 2 aromatic carbocycles. The lowest BCUT2D eigenvalue weighted by atomic mass is 10.2. The third kappa shape index (κ3) is 4.82. The number of nitrogens with zero attached hydrogens (tertiary/aromatic N) is 1. The van der Waals surface area contributed by atoms with E-state index in [4.69, 9.17) is 11.6 Å². The van der Waals surface area contributed by atoms with Gasteiger partial charge in [0.2, 0.25) is 0 Å². The van der Waals surface area contributed by atoms with Crippen molar-refractivity contribution in [2.75, 3.05) is 4.72 Å². The normalized spacial score (nSPS) is 11.2. The zero-order valence-corrected chi connectivity index (χ0v) is 16.0. The molecule has 6 nitrogen and oxygen atoms in total. The van der Waals surface area contributed by atoms with E-state index in [1.165, 1.54) is 42.6 Å². The highest BCUT2D eigenvalue weighted by Gasteiger charge is 2.16. The van der Waals surface area contributed by atoms with Gasteiger partial charge in [0, 0.05) is 34.3 Å². The van der Waals surface area contributed by atoms with E-state index in [-0.39, 0.29) is 27.2 Å². The van der Waals surface area contributed by atoms with E-state index in [1.54, 1.807) is 5.38 Å². The molecule has 2 N–H and O–H groups in total. The quantitative estimate of drug-likeness (QED) is 0.630. The molecule has 0 unspecified atom stereocenters. The van der Waals surface area contributed by atoms with Crippen molar-refractivity contribution < 1.29 is 17.6 Å². The third-order valence-corrected chi connectivity index (χ3v) is 5.94. The zero-order chi connectivity index (χ0) is 19.4. The highest BCUT2D eigenvalue weighted by molar-refractivity contribution is 7.93. The van der Waals surface area contributed by atoms with Gasteiger partial charge in [0.15, 0.2) is 5.13 Å². The molecule has 0 aliphatic heterocycles. The minimum absolute atomic E-state index is 0.00186. The smallest absolute Gasteiger partial charge is 0.263 e. The van der Waals surface area contributed by atoms with Crippen LogP contribution in [0.2, 0.25) is 5.02 Å². The second-order valence-corrected chi connectivity index (χ2v) is 8.40. The number of sulfonamides is 1. The number of thiazole rings is 1. The van der Waals surface area contributed by atoms with E-state index in [0.29, 0.717) is 5.56 Å². The summed E-state index contributed by atoms with van der Waals surface area (Å²) in [6.07, 6.45) is 1.49. The Morgan fingerprint density at radius 3 is 2.56 bits per heavy atom. The summed E-state index contributed by atoms with van der Waals surface area (Å²) in [5.41, 5.74) is 0.539. The number of carbonyl (C=O) groups excluding carboxylic acids is 1. The molecule has 0 radical (unpaired) electrons. The minimum Gasteiger partial charge on any atom is -0.348 e. The minimum atomic E-state index is -3.79. The van der Waals surface area contributed by atoms with Crippen LogP contribution in [0.15, 0.2) is 58.9 Å². The number of carbonyl (C=O) groups is 1. The van der Waals surface area contributed by atoms with E-state index in [1.807, 2.05) is 0 Å². The van der Waals surface area contributed by atoms with Crippen molar-refractivity contribution in [2.24, 2.45) is 0 Å². The highest BCUT2D eigenvalue weighted by atomic mass is 35.5. The molecule has 27 heavy (non-hydrogen) atoms. The molecule has 140 valence electrons. The van der Waals surface area contributed by atoms with Gasteiger partial charge < -0.3 is 5.32 Å². The van der Waals surface area contributed by atoms with E-state index < -0.39 is 21.7 Å². The van der Waals surface area contributed by atoms with Gasteiger partial charge in [0.1, 0.15) is 5.82 Å². The summed E-state index contributed by atoms with van der Waals surface area (Å²) in [7, 11) is -3.79. The number of amides is 1. The third-order valence-electron chi connectivity index (χ3n) is 3.54. The maximum atomic E-state index is 13.7.